The number of hydrogen-bond donors (Lipinski definition) is 8. The zero-order valence-corrected chi connectivity index (χ0v) is 33.8. The molecule has 0 fully saturated rings. The van der Waals surface area contributed by atoms with Gasteiger partial charge >= 0.3 is 17.9 Å². The van der Waals surface area contributed by atoms with E-state index in [1.165, 1.54) is 0 Å². The molecule has 20 heteroatoms. The van der Waals surface area contributed by atoms with Gasteiger partial charge in [-0.25, -0.2) is 4.79 Å². The van der Waals surface area contributed by atoms with Crippen molar-refractivity contribution in [3.8, 4) is 0 Å². The lowest BCUT2D eigenvalue weighted by molar-refractivity contribution is -0.142. The molecule has 0 radical (unpaired) electrons. The summed E-state index contributed by atoms with van der Waals surface area (Å²) in [4.78, 5) is 81.1. The molecule has 19 nitrogen and oxygen atoms in total. The van der Waals surface area contributed by atoms with Gasteiger partial charge in [0.15, 0.2) is 7.98 Å². The first-order valence-electron chi connectivity index (χ1n) is 20.2. The largest absolute Gasteiger partial charge is 0.481 e. The summed E-state index contributed by atoms with van der Waals surface area (Å²) in [6, 6.07) is -1.75. The Bertz CT molecular complexity index is 1140. The summed E-state index contributed by atoms with van der Waals surface area (Å²) < 4.78 is 21.2. The topological polar surface area (TPSA) is 277 Å². The molecule has 0 aromatic heterocycles. The summed E-state index contributed by atoms with van der Waals surface area (Å²) in [5.74, 6) is -4.17. The number of nitrogens with one attached hydrogen (secondary N) is 5. The smallest absolute Gasteiger partial charge is 0.326 e. The minimum absolute atomic E-state index is 0.0409. The standard InChI is InChI=1S/C37H68BN5O14/c38-43-30(37(52)53)13-11-12-18-39-33(46)27-56-25-24-55-22-20-41-34(47)28-57-26-23-54-21-19-40-31(44)17-16-29(36(50)51)42-32(45)14-9-7-5-3-1-2-4-6-8-10-15-35(48)49/h29-30,43H,1-28,38H2,(H,39,46)(H,40,44)(H,41,47)(H,42,45)(H,48,49)(H,50,51)(H,52,53)/t29-,30-/m0/s1. The van der Waals surface area contributed by atoms with Crippen LogP contribution < -0.4 is 26.5 Å². The molecule has 0 saturated carbocycles. The second kappa shape index (κ2) is 37.7. The Balaban J connectivity index is 3.67. The van der Waals surface area contributed by atoms with Gasteiger partial charge in [0.2, 0.25) is 23.6 Å². The maximum Gasteiger partial charge on any atom is 0.326 e. The van der Waals surface area contributed by atoms with Crippen molar-refractivity contribution in [3.63, 3.8) is 0 Å². The normalized spacial score (nSPS) is 12.0. The van der Waals surface area contributed by atoms with Gasteiger partial charge in [-0.15, -0.1) is 0 Å². The molecule has 0 rings (SSSR count). The molecule has 0 aliphatic rings. The fourth-order valence-corrected chi connectivity index (χ4v) is 5.35. The van der Waals surface area contributed by atoms with Crippen molar-refractivity contribution >= 4 is 49.5 Å². The third-order valence-corrected chi connectivity index (χ3v) is 8.57. The van der Waals surface area contributed by atoms with Crippen molar-refractivity contribution in [2.24, 2.45) is 0 Å². The van der Waals surface area contributed by atoms with Crippen LogP contribution in [0.1, 0.15) is 109 Å². The quantitative estimate of drug-likeness (QED) is 0.0304. The van der Waals surface area contributed by atoms with Gasteiger partial charge in [-0.05, 0) is 38.5 Å². The maximum atomic E-state index is 12.2. The Labute approximate surface area is 337 Å². The SMILES string of the molecule is BN[C@@H](CCCCNC(=O)COCCOCCNC(=O)COCCOCCNC(=O)CC[C@H](NC(=O)CCCCCCCCCCCCC(=O)O)C(=O)O)C(=O)O. The summed E-state index contributed by atoms with van der Waals surface area (Å²) >= 11 is 0. The van der Waals surface area contributed by atoms with E-state index in [2.05, 4.69) is 26.5 Å². The van der Waals surface area contributed by atoms with Crippen molar-refractivity contribution in [1.29, 1.82) is 0 Å². The van der Waals surface area contributed by atoms with Crippen LogP contribution in [-0.2, 0) is 52.5 Å². The molecule has 328 valence electrons. The van der Waals surface area contributed by atoms with Crippen molar-refractivity contribution in [2.75, 3.05) is 72.5 Å². The molecule has 0 unspecified atom stereocenters. The van der Waals surface area contributed by atoms with Gasteiger partial charge in [0.05, 0.1) is 45.7 Å². The third kappa shape index (κ3) is 36.3. The number of hydrogen-bond acceptors (Lipinski definition) is 12. The van der Waals surface area contributed by atoms with Crippen LogP contribution in [0, 0.1) is 0 Å². The van der Waals surface area contributed by atoms with E-state index in [1.54, 1.807) is 7.98 Å². The summed E-state index contributed by atoms with van der Waals surface area (Å²) in [6.07, 6.45) is 11.7. The molecular formula is C37H68BN5O14. The number of aliphatic carboxylic acids is 3. The number of carbonyl (C=O) groups is 7. The highest BCUT2D eigenvalue weighted by atomic mass is 16.5. The minimum atomic E-state index is -1.20. The molecule has 0 aliphatic carbocycles. The van der Waals surface area contributed by atoms with Crippen molar-refractivity contribution in [1.82, 2.24) is 26.5 Å². The van der Waals surface area contributed by atoms with Gasteiger partial charge in [-0.1, -0.05) is 51.4 Å². The van der Waals surface area contributed by atoms with Crippen molar-refractivity contribution in [3.05, 3.63) is 0 Å². The average Bonchev–Trinajstić information content (AvgIpc) is 3.16. The zero-order chi connectivity index (χ0) is 42.4. The Morgan fingerprint density at radius 2 is 0.895 bits per heavy atom. The van der Waals surface area contributed by atoms with E-state index in [0.717, 1.165) is 57.8 Å². The number of unbranched alkanes of at least 4 members (excludes halogenated alkanes) is 10. The predicted molar refractivity (Wildman–Crippen MR) is 211 cm³/mol. The lowest BCUT2D eigenvalue weighted by atomic mass is 10.0. The van der Waals surface area contributed by atoms with Crippen molar-refractivity contribution < 1.29 is 67.8 Å². The molecule has 0 aromatic rings. The van der Waals surface area contributed by atoms with E-state index < -0.39 is 30.0 Å². The van der Waals surface area contributed by atoms with Crippen LogP contribution in [0.15, 0.2) is 0 Å². The number of carboxylic acid groups (broad SMARTS) is 3. The molecule has 8 N–H and O–H groups in total. The summed E-state index contributed by atoms with van der Waals surface area (Å²) in [7, 11) is 1.59. The molecule has 0 bridgehead atoms. The monoisotopic (exact) mass is 817 g/mol. The highest BCUT2D eigenvalue weighted by Crippen LogP contribution is 2.12. The lowest BCUT2D eigenvalue weighted by Crippen LogP contribution is -2.41. The first kappa shape index (κ1) is 53.2. The zero-order valence-electron chi connectivity index (χ0n) is 33.8. The molecule has 4 amide bonds. The molecule has 0 spiro atoms. The molecule has 0 aliphatic heterocycles. The van der Waals surface area contributed by atoms with Crippen molar-refractivity contribution in [2.45, 2.75) is 121 Å². The van der Waals surface area contributed by atoms with Crippen LogP contribution in [0.2, 0.25) is 0 Å². The minimum Gasteiger partial charge on any atom is -0.481 e. The lowest BCUT2D eigenvalue weighted by Gasteiger charge is -2.14. The van der Waals surface area contributed by atoms with Crippen LogP contribution in [0.3, 0.4) is 0 Å². The van der Waals surface area contributed by atoms with E-state index in [1.807, 2.05) is 0 Å². The molecule has 0 aromatic carbocycles. The summed E-state index contributed by atoms with van der Waals surface area (Å²) in [5.41, 5.74) is 0. The average molecular weight is 818 g/mol. The maximum absolute atomic E-state index is 12.2. The van der Waals surface area contributed by atoms with Crippen LogP contribution >= 0.6 is 0 Å². The Hall–Kier alpha value is -3.85. The summed E-state index contributed by atoms with van der Waals surface area (Å²) in [5, 5.41) is 40.3. The first-order chi connectivity index (χ1) is 27.5. The van der Waals surface area contributed by atoms with E-state index in [4.69, 9.17) is 29.2 Å². The van der Waals surface area contributed by atoms with E-state index in [9.17, 15) is 38.7 Å². The number of amides is 4. The van der Waals surface area contributed by atoms with Gasteiger partial charge in [-0.2, -0.15) is 0 Å². The fourth-order valence-electron chi connectivity index (χ4n) is 5.35. The summed E-state index contributed by atoms with van der Waals surface area (Å²) in [6.45, 7) is 1.83. The number of carboxylic acids is 3. The Morgan fingerprint density at radius 3 is 1.39 bits per heavy atom. The molecule has 57 heavy (non-hydrogen) atoms. The molecule has 0 heterocycles. The van der Waals surface area contributed by atoms with Gasteiger partial charge < -0.3 is 60.8 Å². The van der Waals surface area contributed by atoms with E-state index in [0.29, 0.717) is 32.2 Å². The number of ether oxygens (including phenoxy) is 4. The molecular weight excluding hydrogens is 749 g/mol. The highest BCUT2D eigenvalue weighted by molar-refractivity contribution is 6.06. The van der Waals surface area contributed by atoms with Gasteiger partial charge in [0.1, 0.15) is 19.3 Å². The van der Waals surface area contributed by atoms with Crippen LogP contribution in [-0.4, -0.2) is 149 Å². The van der Waals surface area contributed by atoms with Gasteiger partial charge in [0, 0.05) is 38.9 Å². The molecule has 0 saturated heterocycles. The third-order valence-electron chi connectivity index (χ3n) is 8.57. The van der Waals surface area contributed by atoms with E-state index in [-0.39, 0.29) is 115 Å². The van der Waals surface area contributed by atoms with Crippen LogP contribution in [0.25, 0.3) is 0 Å². The highest BCUT2D eigenvalue weighted by Gasteiger charge is 2.21. The number of carbonyl (C=O) groups excluding carboxylic acids is 4. The Morgan fingerprint density at radius 1 is 0.439 bits per heavy atom. The second-order valence-corrected chi connectivity index (χ2v) is 13.5. The fraction of sp³-hybridized carbons (Fsp3) is 0.811. The Kier molecular flexibility index (Phi) is 35.2. The molecule has 2 atom stereocenters. The van der Waals surface area contributed by atoms with Crippen LogP contribution in [0.4, 0.5) is 0 Å². The van der Waals surface area contributed by atoms with Gasteiger partial charge in [0.25, 0.3) is 0 Å². The number of rotatable bonds is 41. The first-order valence-corrected chi connectivity index (χ1v) is 20.2. The predicted octanol–water partition coefficient (Wildman–Crippen LogP) is 0.278. The van der Waals surface area contributed by atoms with E-state index >= 15 is 0 Å². The van der Waals surface area contributed by atoms with Crippen LogP contribution in [0.5, 0.6) is 0 Å². The van der Waals surface area contributed by atoms with Gasteiger partial charge in [-0.3, -0.25) is 28.8 Å². The second-order valence-electron chi connectivity index (χ2n) is 13.5.